The predicted octanol–water partition coefficient (Wildman–Crippen LogP) is 5.20. The van der Waals surface area contributed by atoms with Crippen LogP contribution in [0.3, 0.4) is 0 Å². The lowest BCUT2D eigenvalue weighted by Gasteiger charge is -2.16. The second-order valence-electron chi connectivity index (χ2n) is 4.48. The maximum absolute atomic E-state index is 6.26. The van der Waals surface area contributed by atoms with Crippen LogP contribution in [0, 0.1) is 6.92 Å². The molecular formula is C15H14Cl3N. The predicted molar refractivity (Wildman–Crippen MR) is 83.3 cm³/mol. The third-order valence-corrected chi connectivity index (χ3v) is 4.45. The Morgan fingerprint density at radius 3 is 2.37 bits per heavy atom. The molecule has 0 aromatic heterocycles. The minimum Gasteiger partial charge on any atom is -0.324 e. The maximum Gasteiger partial charge on any atom is 0.0624 e. The highest BCUT2D eigenvalue weighted by atomic mass is 35.5. The maximum atomic E-state index is 6.26. The van der Waals surface area contributed by atoms with Crippen molar-refractivity contribution in [3.8, 4) is 0 Å². The van der Waals surface area contributed by atoms with E-state index in [9.17, 15) is 0 Å². The molecule has 0 saturated heterocycles. The average Bonchev–Trinajstić information content (AvgIpc) is 2.38. The van der Waals surface area contributed by atoms with Gasteiger partial charge in [-0.3, -0.25) is 0 Å². The Morgan fingerprint density at radius 1 is 1.00 bits per heavy atom. The van der Waals surface area contributed by atoms with Crippen LogP contribution in [0.1, 0.15) is 22.7 Å². The number of rotatable bonds is 3. The molecule has 100 valence electrons. The molecule has 0 amide bonds. The molecule has 0 bridgehead atoms. The fraction of sp³-hybridized carbons (Fsp3) is 0.200. The van der Waals surface area contributed by atoms with E-state index in [1.54, 1.807) is 6.07 Å². The van der Waals surface area contributed by atoms with Gasteiger partial charge in [-0.15, -0.1) is 0 Å². The van der Waals surface area contributed by atoms with Gasteiger partial charge in [-0.1, -0.05) is 59.1 Å². The van der Waals surface area contributed by atoms with E-state index in [-0.39, 0.29) is 6.04 Å². The smallest absolute Gasteiger partial charge is 0.0624 e. The first-order valence-corrected chi connectivity index (χ1v) is 7.07. The van der Waals surface area contributed by atoms with Crippen LogP contribution in [0.5, 0.6) is 0 Å². The van der Waals surface area contributed by atoms with Crippen molar-refractivity contribution in [2.24, 2.45) is 5.73 Å². The lowest BCUT2D eigenvalue weighted by molar-refractivity contribution is 0.717. The van der Waals surface area contributed by atoms with E-state index in [2.05, 4.69) is 0 Å². The van der Waals surface area contributed by atoms with Crippen molar-refractivity contribution in [3.05, 3.63) is 68.2 Å². The van der Waals surface area contributed by atoms with Crippen molar-refractivity contribution in [2.45, 2.75) is 19.4 Å². The summed E-state index contributed by atoms with van der Waals surface area (Å²) >= 11 is 18.3. The Bertz CT molecular complexity index is 596. The first kappa shape index (κ1) is 14.7. The summed E-state index contributed by atoms with van der Waals surface area (Å²) in [7, 11) is 0. The topological polar surface area (TPSA) is 26.0 Å². The molecule has 4 heteroatoms. The van der Waals surface area contributed by atoms with Crippen LogP contribution in [-0.2, 0) is 6.42 Å². The van der Waals surface area contributed by atoms with E-state index >= 15 is 0 Å². The number of nitrogens with two attached hydrogens (primary N) is 1. The molecular weight excluding hydrogens is 301 g/mol. The summed E-state index contributed by atoms with van der Waals surface area (Å²) in [4.78, 5) is 0. The first-order chi connectivity index (χ1) is 9.00. The average molecular weight is 315 g/mol. The minimum atomic E-state index is -0.158. The molecule has 2 aromatic carbocycles. The van der Waals surface area contributed by atoms with E-state index in [1.165, 1.54) is 0 Å². The van der Waals surface area contributed by atoms with Gasteiger partial charge in [0.2, 0.25) is 0 Å². The van der Waals surface area contributed by atoms with Gasteiger partial charge < -0.3 is 5.73 Å². The van der Waals surface area contributed by atoms with Gasteiger partial charge in [0.05, 0.1) is 10.0 Å². The largest absolute Gasteiger partial charge is 0.324 e. The summed E-state index contributed by atoms with van der Waals surface area (Å²) in [5.41, 5.74) is 9.24. The summed E-state index contributed by atoms with van der Waals surface area (Å²) in [6.07, 6.45) is 0.626. The van der Waals surface area contributed by atoms with Gasteiger partial charge in [0.1, 0.15) is 0 Å². The number of halogens is 3. The highest BCUT2D eigenvalue weighted by molar-refractivity contribution is 6.42. The number of hydrogen-bond donors (Lipinski definition) is 1. The molecule has 1 unspecified atom stereocenters. The van der Waals surface area contributed by atoms with Crippen LogP contribution in [0.15, 0.2) is 36.4 Å². The van der Waals surface area contributed by atoms with Crippen LogP contribution >= 0.6 is 34.8 Å². The van der Waals surface area contributed by atoms with Crippen LogP contribution in [-0.4, -0.2) is 0 Å². The van der Waals surface area contributed by atoms with Gasteiger partial charge in [0.25, 0.3) is 0 Å². The fourth-order valence-electron chi connectivity index (χ4n) is 2.08. The number of benzene rings is 2. The third kappa shape index (κ3) is 3.24. The molecule has 0 aliphatic heterocycles. The molecule has 19 heavy (non-hydrogen) atoms. The van der Waals surface area contributed by atoms with E-state index in [4.69, 9.17) is 40.5 Å². The molecule has 0 saturated carbocycles. The first-order valence-electron chi connectivity index (χ1n) is 5.94. The SMILES string of the molecule is Cc1c(Cl)cccc1C(N)Cc1cccc(Cl)c1Cl. The molecule has 0 fully saturated rings. The van der Waals surface area contributed by atoms with Crippen molar-refractivity contribution in [3.63, 3.8) is 0 Å². The van der Waals surface area contributed by atoms with E-state index in [0.29, 0.717) is 16.5 Å². The molecule has 0 aliphatic rings. The zero-order valence-electron chi connectivity index (χ0n) is 10.5. The monoisotopic (exact) mass is 313 g/mol. The molecule has 1 nitrogen and oxygen atoms in total. The van der Waals surface area contributed by atoms with Crippen molar-refractivity contribution in [1.29, 1.82) is 0 Å². The highest BCUT2D eigenvalue weighted by Gasteiger charge is 2.14. The third-order valence-electron chi connectivity index (χ3n) is 3.18. The van der Waals surface area contributed by atoms with E-state index in [1.807, 2.05) is 37.3 Å². The molecule has 0 aliphatic carbocycles. The second-order valence-corrected chi connectivity index (χ2v) is 5.67. The van der Waals surface area contributed by atoms with Crippen molar-refractivity contribution >= 4 is 34.8 Å². The van der Waals surface area contributed by atoms with Gasteiger partial charge in [0, 0.05) is 11.1 Å². The molecule has 2 N–H and O–H groups in total. The molecule has 0 spiro atoms. The minimum absolute atomic E-state index is 0.158. The van der Waals surface area contributed by atoms with Crippen molar-refractivity contribution in [2.75, 3.05) is 0 Å². The molecule has 0 heterocycles. The summed E-state index contributed by atoms with van der Waals surface area (Å²) in [6, 6.07) is 11.2. The Kier molecular flexibility index (Phi) is 4.75. The van der Waals surface area contributed by atoms with Crippen molar-refractivity contribution < 1.29 is 0 Å². The summed E-state index contributed by atoms with van der Waals surface area (Å²) in [5, 5.41) is 1.85. The van der Waals surface area contributed by atoms with Crippen LogP contribution in [0.4, 0.5) is 0 Å². The Labute approximate surface area is 128 Å². The summed E-state index contributed by atoms with van der Waals surface area (Å²) < 4.78 is 0. The lowest BCUT2D eigenvalue weighted by Crippen LogP contribution is -2.15. The normalized spacial score (nSPS) is 12.5. The molecule has 2 aromatic rings. The summed E-state index contributed by atoms with van der Waals surface area (Å²) in [5.74, 6) is 0. The zero-order valence-corrected chi connectivity index (χ0v) is 12.7. The van der Waals surface area contributed by atoms with Crippen LogP contribution < -0.4 is 5.73 Å². The van der Waals surface area contributed by atoms with Gasteiger partial charge >= 0.3 is 0 Å². The molecule has 2 rings (SSSR count). The van der Waals surface area contributed by atoms with Gasteiger partial charge in [-0.2, -0.15) is 0 Å². The van der Waals surface area contributed by atoms with Crippen molar-refractivity contribution in [1.82, 2.24) is 0 Å². The summed E-state index contributed by atoms with van der Waals surface area (Å²) in [6.45, 7) is 1.97. The van der Waals surface area contributed by atoms with E-state index in [0.717, 1.165) is 21.7 Å². The molecule has 0 radical (unpaired) electrons. The quantitative estimate of drug-likeness (QED) is 0.828. The van der Waals surface area contributed by atoms with Crippen LogP contribution in [0.25, 0.3) is 0 Å². The Morgan fingerprint density at radius 2 is 1.63 bits per heavy atom. The van der Waals surface area contributed by atoms with E-state index < -0.39 is 0 Å². The number of hydrogen-bond acceptors (Lipinski definition) is 1. The lowest BCUT2D eigenvalue weighted by atomic mass is 9.96. The fourth-order valence-corrected chi connectivity index (χ4v) is 2.66. The van der Waals surface area contributed by atoms with Gasteiger partial charge in [0.15, 0.2) is 0 Å². The van der Waals surface area contributed by atoms with Gasteiger partial charge in [-0.05, 0) is 42.2 Å². The Balaban J connectivity index is 2.28. The highest BCUT2D eigenvalue weighted by Crippen LogP contribution is 2.30. The Hall–Kier alpha value is -0.730. The van der Waals surface area contributed by atoms with Gasteiger partial charge in [-0.25, -0.2) is 0 Å². The van der Waals surface area contributed by atoms with Crippen LogP contribution in [0.2, 0.25) is 15.1 Å². The second kappa shape index (κ2) is 6.15. The zero-order chi connectivity index (χ0) is 14.0. The molecule has 1 atom stereocenters. The standard InChI is InChI=1S/C15H14Cl3N/c1-9-11(5-3-6-12(9)16)14(19)8-10-4-2-7-13(17)15(10)18/h2-7,14H,8,19H2,1H3.